The van der Waals surface area contributed by atoms with Crippen LogP contribution >= 0.6 is 50.8 Å². The molecule has 0 saturated carbocycles. The predicted octanol–water partition coefficient (Wildman–Crippen LogP) is 7.92. The van der Waals surface area contributed by atoms with Gasteiger partial charge >= 0.3 is 17.4 Å². The Kier molecular flexibility index (Phi) is 18.9. The van der Waals surface area contributed by atoms with Gasteiger partial charge in [-0.2, -0.15) is 0 Å². The first-order valence-corrected chi connectivity index (χ1v) is 23.2. The van der Waals surface area contributed by atoms with Gasteiger partial charge in [-0.1, -0.05) is 90.0 Å². The molecular weight excluding hydrogens is 673 g/mol. The van der Waals surface area contributed by atoms with E-state index < -0.39 is 14.0 Å². The quantitative estimate of drug-likeness (QED) is 0.103. The molecule has 0 bridgehead atoms. The standard InChI is InChI=1S/3C6H7OPS3.Al/c3*9-8(10,11)7-6-4-2-1-3-5-6;/h3*1-5H,(H2,9,10,11);/q;;;+3/p-3. The monoisotopic (exact) mass is 690 g/mol. The maximum Gasteiger partial charge on any atom is 3.00 e. The molecule has 0 N–H and O–H groups in total. The van der Waals surface area contributed by atoms with E-state index in [9.17, 15) is 0 Å². The topological polar surface area (TPSA) is 27.7 Å². The number of thiol groups is 3. The molecule has 0 fully saturated rings. The van der Waals surface area contributed by atoms with Crippen molar-refractivity contribution in [3.8, 4) is 17.2 Å². The van der Waals surface area contributed by atoms with Gasteiger partial charge in [0.25, 0.3) is 0 Å². The molecule has 0 radical (unpaired) electrons. The smallest absolute Gasteiger partial charge is 0.696 e. The Morgan fingerprint density at radius 1 is 0.471 bits per heavy atom. The van der Waals surface area contributed by atoms with Crippen molar-refractivity contribution in [3.05, 3.63) is 91.0 Å². The van der Waals surface area contributed by atoms with E-state index in [1.54, 1.807) is 0 Å². The molecule has 0 amide bonds. The van der Waals surface area contributed by atoms with E-state index >= 15 is 0 Å². The molecule has 3 atom stereocenters. The van der Waals surface area contributed by atoms with Gasteiger partial charge in [0.05, 0.1) is 0 Å². The molecule has 0 saturated heterocycles. The third-order valence-electron chi connectivity index (χ3n) is 2.89. The van der Waals surface area contributed by atoms with E-state index in [0.717, 1.165) is 0 Å². The maximum absolute atomic E-state index is 5.21. The number of hydrogen-bond donors (Lipinski definition) is 3. The van der Waals surface area contributed by atoms with E-state index in [2.05, 4.69) is 36.7 Å². The molecule has 0 heterocycles. The van der Waals surface area contributed by atoms with Crippen molar-refractivity contribution in [3.63, 3.8) is 0 Å². The first-order chi connectivity index (χ1) is 15.2. The third-order valence-corrected chi connectivity index (χ3v) is 6.29. The van der Waals surface area contributed by atoms with Gasteiger partial charge in [-0.15, -0.1) is 36.7 Å². The fourth-order valence-electron chi connectivity index (χ4n) is 1.84. The van der Waals surface area contributed by atoms with Gasteiger partial charge in [0, 0.05) is 14.0 Å². The fourth-order valence-corrected chi connectivity index (χ4v) is 5.41. The zero-order chi connectivity index (χ0) is 25.0. The van der Waals surface area contributed by atoms with Crippen LogP contribution in [0.25, 0.3) is 0 Å². The number of rotatable bonds is 6. The van der Waals surface area contributed by atoms with Crippen molar-refractivity contribution in [1.29, 1.82) is 0 Å². The van der Waals surface area contributed by atoms with Crippen LogP contribution < -0.4 is 13.6 Å². The van der Waals surface area contributed by atoms with Crippen LogP contribution in [0.5, 0.6) is 17.2 Å². The van der Waals surface area contributed by atoms with Crippen molar-refractivity contribution in [1.82, 2.24) is 0 Å². The van der Waals surface area contributed by atoms with E-state index in [1.807, 2.05) is 91.0 Å². The molecule has 180 valence electrons. The molecule has 3 aromatic rings. The summed E-state index contributed by atoms with van der Waals surface area (Å²) in [7, 11) is 0. The third kappa shape index (κ3) is 21.7. The molecule has 3 nitrogen and oxygen atoms in total. The molecule has 0 aliphatic carbocycles. The van der Waals surface area contributed by atoms with Crippen molar-refractivity contribution in [2.24, 2.45) is 0 Å². The molecule has 3 aromatic carbocycles. The summed E-state index contributed by atoms with van der Waals surface area (Å²) >= 11 is 41.0. The average molecular weight is 691 g/mol. The van der Waals surface area contributed by atoms with Crippen LogP contribution in [0.3, 0.4) is 0 Å². The summed E-state index contributed by atoms with van der Waals surface area (Å²) < 4.78 is 8.79. The molecule has 0 spiro atoms. The Hall–Kier alpha value is 1.64. The van der Waals surface area contributed by atoms with E-state index in [4.69, 9.17) is 85.7 Å². The van der Waals surface area contributed by atoms with Crippen molar-refractivity contribution in [2.45, 2.75) is 0 Å². The summed E-state index contributed by atoms with van der Waals surface area (Å²) in [5.41, 5.74) is 0. The van der Waals surface area contributed by atoms with Crippen LogP contribution in [0.15, 0.2) is 91.0 Å². The summed E-state index contributed by atoms with van der Waals surface area (Å²) in [5, 5.41) is 0. The molecule has 0 aliphatic heterocycles. The van der Waals surface area contributed by atoms with Crippen LogP contribution in [0.2, 0.25) is 0 Å². The average Bonchev–Trinajstić information content (AvgIpc) is 2.67. The van der Waals surface area contributed by atoms with Gasteiger partial charge in [0.15, 0.2) is 0 Å². The van der Waals surface area contributed by atoms with Crippen LogP contribution in [0.4, 0.5) is 0 Å². The van der Waals surface area contributed by atoms with Gasteiger partial charge in [-0.3, -0.25) is 0 Å². The van der Waals surface area contributed by atoms with Gasteiger partial charge in [0.2, 0.25) is 0 Å². The Labute approximate surface area is 259 Å². The van der Waals surface area contributed by atoms with Crippen LogP contribution in [-0.4, -0.2) is 17.4 Å². The Bertz CT molecular complexity index is 953. The molecule has 3 unspecified atom stereocenters. The summed E-state index contributed by atoms with van der Waals surface area (Å²) in [6, 6.07) is 27.7. The molecule has 0 aliphatic rings. The molecule has 0 aromatic heterocycles. The minimum atomic E-state index is -2.28. The summed E-state index contributed by atoms with van der Waals surface area (Å²) in [4.78, 5) is 0. The fraction of sp³-hybridized carbons (Fsp3) is 0. The van der Waals surface area contributed by atoms with Crippen molar-refractivity contribution in [2.75, 3.05) is 0 Å². The van der Waals surface area contributed by atoms with Crippen molar-refractivity contribution < 1.29 is 13.6 Å². The minimum Gasteiger partial charge on any atom is -0.696 e. The summed E-state index contributed by atoms with van der Waals surface area (Å²) in [5.74, 6) is 2.09. The largest absolute Gasteiger partial charge is 3.00 e. The number of hydrogen-bond acceptors (Lipinski definition) is 9. The SMILES string of the molecule is S=P([S-])(S)Oc1ccccc1.S=P([S-])(S)Oc1ccccc1.S=P([S-])(S)Oc1ccccc1.[Al+3]. The van der Waals surface area contributed by atoms with Crippen LogP contribution in [0, 0.1) is 0 Å². The van der Waals surface area contributed by atoms with Gasteiger partial charge in [0.1, 0.15) is 17.2 Å². The van der Waals surface area contributed by atoms with Gasteiger partial charge in [-0.25, -0.2) is 0 Å². The Morgan fingerprint density at radius 2 is 0.647 bits per heavy atom. The second-order valence-corrected chi connectivity index (χ2v) is 30.3. The van der Waals surface area contributed by atoms with E-state index in [0.29, 0.717) is 17.2 Å². The molecule has 34 heavy (non-hydrogen) atoms. The number of para-hydroxylation sites is 3. The zero-order valence-corrected chi connectivity index (χ0v) is 28.5. The Morgan fingerprint density at radius 3 is 0.794 bits per heavy atom. The van der Waals surface area contributed by atoms with E-state index in [-0.39, 0.29) is 17.4 Å². The predicted molar refractivity (Wildman–Crippen MR) is 179 cm³/mol. The second-order valence-electron chi connectivity index (χ2n) is 5.62. The van der Waals surface area contributed by atoms with Crippen molar-refractivity contribution >= 4 is 140 Å². The first kappa shape index (κ1) is 35.6. The molecule has 3 rings (SSSR count). The maximum atomic E-state index is 5.21. The first-order valence-electron chi connectivity index (χ1n) is 8.59. The second kappa shape index (κ2) is 18.0. The number of benzene rings is 3. The molecule has 16 heteroatoms. The van der Waals surface area contributed by atoms with Gasteiger partial charge in [-0.05, 0) is 36.4 Å². The zero-order valence-electron chi connectivity index (χ0n) is 17.1. The van der Waals surface area contributed by atoms with Crippen LogP contribution in [-0.2, 0) is 72.2 Å². The molecular formula is C18H18AlO3P3S9. The summed E-state index contributed by atoms with van der Waals surface area (Å²) in [6.45, 7) is 0. The van der Waals surface area contributed by atoms with Crippen LogP contribution in [0.1, 0.15) is 0 Å². The summed E-state index contributed by atoms with van der Waals surface area (Å²) in [6.07, 6.45) is 0. The Balaban J connectivity index is 0.000000473. The van der Waals surface area contributed by atoms with E-state index in [1.165, 1.54) is 0 Å². The normalized spacial score (nSPS) is 15.0. The minimum absolute atomic E-state index is 0. The van der Waals surface area contributed by atoms with Gasteiger partial charge < -0.3 is 50.3 Å².